The summed E-state index contributed by atoms with van der Waals surface area (Å²) >= 11 is 0. The van der Waals surface area contributed by atoms with Crippen molar-refractivity contribution in [1.82, 2.24) is 0 Å². The fourth-order valence-electron chi connectivity index (χ4n) is 3.18. The SMILES string of the molecule is CC1CC(=O)OC2=C1C(=O)c1cccc3cccc2c13. The number of Topliss-reactive ketones (excluding diaryl/α,β-unsaturated/α-hetero) is 1. The van der Waals surface area contributed by atoms with Gasteiger partial charge in [0, 0.05) is 22.1 Å². The molecule has 0 radical (unpaired) electrons. The van der Waals surface area contributed by atoms with E-state index in [1.54, 1.807) is 0 Å². The van der Waals surface area contributed by atoms with Gasteiger partial charge in [0.05, 0.1) is 6.42 Å². The normalized spacial score (nSPS) is 20.9. The van der Waals surface area contributed by atoms with Crippen LogP contribution in [-0.2, 0) is 9.53 Å². The molecule has 20 heavy (non-hydrogen) atoms. The minimum atomic E-state index is -0.263. The zero-order valence-electron chi connectivity index (χ0n) is 11.0. The monoisotopic (exact) mass is 264 g/mol. The lowest BCUT2D eigenvalue weighted by Crippen LogP contribution is -2.26. The van der Waals surface area contributed by atoms with Gasteiger partial charge in [-0.3, -0.25) is 9.59 Å². The van der Waals surface area contributed by atoms with Crippen LogP contribution in [0.3, 0.4) is 0 Å². The number of carbonyl (C=O) groups excluding carboxylic acids is 2. The summed E-state index contributed by atoms with van der Waals surface area (Å²) in [6.45, 7) is 1.90. The second-order valence-electron chi connectivity index (χ2n) is 5.36. The molecule has 0 N–H and O–H groups in total. The first-order chi connectivity index (χ1) is 9.66. The first kappa shape index (κ1) is 11.4. The van der Waals surface area contributed by atoms with Gasteiger partial charge in [0.1, 0.15) is 5.76 Å². The third kappa shape index (κ3) is 1.35. The second-order valence-corrected chi connectivity index (χ2v) is 5.36. The molecule has 2 aromatic rings. The molecule has 0 bridgehead atoms. The molecule has 1 heterocycles. The number of carbonyl (C=O) groups is 2. The van der Waals surface area contributed by atoms with E-state index in [1.165, 1.54) is 0 Å². The van der Waals surface area contributed by atoms with Crippen LogP contribution in [0.5, 0.6) is 0 Å². The summed E-state index contributed by atoms with van der Waals surface area (Å²) in [7, 11) is 0. The zero-order valence-corrected chi connectivity index (χ0v) is 11.0. The maximum absolute atomic E-state index is 12.7. The maximum Gasteiger partial charge on any atom is 0.311 e. The molecular formula is C17H12O3. The molecule has 0 amide bonds. The molecule has 0 saturated carbocycles. The van der Waals surface area contributed by atoms with Gasteiger partial charge in [-0.25, -0.2) is 0 Å². The van der Waals surface area contributed by atoms with Crippen molar-refractivity contribution in [3.63, 3.8) is 0 Å². The van der Waals surface area contributed by atoms with Crippen molar-refractivity contribution < 1.29 is 14.3 Å². The minimum Gasteiger partial charge on any atom is -0.425 e. The quantitative estimate of drug-likeness (QED) is 0.685. The lowest BCUT2D eigenvalue weighted by atomic mass is 9.80. The molecular weight excluding hydrogens is 252 g/mol. The van der Waals surface area contributed by atoms with Crippen LogP contribution in [0, 0.1) is 5.92 Å². The molecule has 0 saturated heterocycles. The van der Waals surface area contributed by atoms with Gasteiger partial charge >= 0.3 is 5.97 Å². The van der Waals surface area contributed by atoms with E-state index in [0.29, 0.717) is 16.9 Å². The van der Waals surface area contributed by atoms with Gasteiger partial charge in [0.2, 0.25) is 0 Å². The van der Waals surface area contributed by atoms with E-state index in [0.717, 1.165) is 16.3 Å². The molecule has 4 rings (SSSR count). The molecule has 1 aliphatic carbocycles. The third-order valence-corrected chi connectivity index (χ3v) is 4.06. The lowest BCUT2D eigenvalue weighted by molar-refractivity contribution is -0.138. The first-order valence-corrected chi connectivity index (χ1v) is 6.68. The van der Waals surface area contributed by atoms with E-state index in [-0.39, 0.29) is 24.1 Å². The Morgan fingerprint density at radius 2 is 1.75 bits per heavy atom. The van der Waals surface area contributed by atoms with Crippen LogP contribution in [0.4, 0.5) is 0 Å². The van der Waals surface area contributed by atoms with Gasteiger partial charge < -0.3 is 4.74 Å². The predicted octanol–water partition coefficient (Wildman–Crippen LogP) is 3.33. The van der Waals surface area contributed by atoms with Gasteiger partial charge in [-0.15, -0.1) is 0 Å². The highest BCUT2D eigenvalue weighted by Crippen LogP contribution is 2.42. The predicted molar refractivity (Wildman–Crippen MR) is 75.1 cm³/mol. The highest BCUT2D eigenvalue weighted by Gasteiger charge is 2.36. The first-order valence-electron chi connectivity index (χ1n) is 6.68. The van der Waals surface area contributed by atoms with Gasteiger partial charge in [0.15, 0.2) is 5.78 Å². The van der Waals surface area contributed by atoms with Crippen molar-refractivity contribution in [2.24, 2.45) is 5.92 Å². The summed E-state index contributed by atoms with van der Waals surface area (Å²) in [5, 5.41) is 1.88. The summed E-state index contributed by atoms with van der Waals surface area (Å²) in [6.07, 6.45) is 0.267. The van der Waals surface area contributed by atoms with Crippen molar-refractivity contribution in [3.05, 3.63) is 53.1 Å². The summed E-state index contributed by atoms with van der Waals surface area (Å²) in [6, 6.07) is 11.5. The topological polar surface area (TPSA) is 43.4 Å². The molecule has 0 fully saturated rings. The number of esters is 1. The number of hydrogen-bond acceptors (Lipinski definition) is 3. The Morgan fingerprint density at radius 3 is 2.50 bits per heavy atom. The number of ether oxygens (including phenoxy) is 1. The smallest absolute Gasteiger partial charge is 0.311 e. The van der Waals surface area contributed by atoms with Crippen LogP contribution in [0.1, 0.15) is 29.3 Å². The van der Waals surface area contributed by atoms with Gasteiger partial charge in [-0.05, 0) is 11.3 Å². The maximum atomic E-state index is 12.7. The standard InChI is InChI=1S/C17H12O3/c1-9-8-13(18)20-17-12-7-3-5-10-4-2-6-11(15(10)12)16(19)14(9)17/h2-7,9H,8H2,1H3. The number of fused-ring (bicyclic) bond motifs is 1. The molecule has 2 aliphatic rings. The highest BCUT2D eigenvalue weighted by atomic mass is 16.5. The van der Waals surface area contributed by atoms with E-state index in [4.69, 9.17) is 4.74 Å². The van der Waals surface area contributed by atoms with Crippen LogP contribution < -0.4 is 0 Å². The van der Waals surface area contributed by atoms with E-state index >= 15 is 0 Å². The minimum absolute atomic E-state index is 0.00991. The lowest BCUT2D eigenvalue weighted by Gasteiger charge is -2.29. The van der Waals surface area contributed by atoms with Crippen LogP contribution in [-0.4, -0.2) is 11.8 Å². The Labute approximate surface area is 115 Å². The summed E-state index contributed by atoms with van der Waals surface area (Å²) in [4.78, 5) is 24.4. The van der Waals surface area contributed by atoms with Gasteiger partial charge in [-0.2, -0.15) is 0 Å². The Kier molecular flexibility index (Phi) is 2.16. The van der Waals surface area contributed by atoms with Crippen molar-refractivity contribution in [2.45, 2.75) is 13.3 Å². The second kappa shape index (κ2) is 3.79. The van der Waals surface area contributed by atoms with Gasteiger partial charge in [-0.1, -0.05) is 43.3 Å². The molecule has 0 spiro atoms. The number of benzene rings is 2. The van der Waals surface area contributed by atoms with E-state index in [1.807, 2.05) is 43.3 Å². The average molecular weight is 264 g/mol. The Hall–Kier alpha value is -2.42. The molecule has 1 atom stereocenters. The Bertz CT molecular complexity index is 809. The number of hydrogen-bond donors (Lipinski definition) is 0. The van der Waals surface area contributed by atoms with Crippen LogP contribution in [0.25, 0.3) is 16.5 Å². The van der Waals surface area contributed by atoms with Crippen molar-refractivity contribution in [3.8, 4) is 0 Å². The number of rotatable bonds is 0. The van der Waals surface area contributed by atoms with Crippen LogP contribution in [0.15, 0.2) is 42.0 Å². The molecule has 98 valence electrons. The van der Waals surface area contributed by atoms with Crippen molar-refractivity contribution in [1.29, 1.82) is 0 Å². The third-order valence-electron chi connectivity index (χ3n) is 4.06. The molecule has 1 aliphatic heterocycles. The fraction of sp³-hybridized carbons (Fsp3) is 0.176. The average Bonchev–Trinajstić information content (AvgIpc) is 2.43. The Balaban J connectivity index is 2.13. The zero-order chi connectivity index (χ0) is 13.9. The van der Waals surface area contributed by atoms with Crippen LogP contribution >= 0.6 is 0 Å². The highest BCUT2D eigenvalue weighted by molar-refractivity contribution is 6.25. The van der Waals surface area contributed by atoms with Crippen molar-refractivity contribution >= 4 is 28.3 Å². The number of allylic oxidation sites excluding steroid dienone is 1. The Morgan fingerprint density at radius 1 is 1.05 bits per heavy atom. The summed E-state index contributed by atoms with van der Waals surface area (Å²) in [5.74, 6) is 0.0927. The van der Waals surface area contributed by atoms with E-state index < -0.39 is 0 Å². The summed E-state index contributed by atoms with van der Waals surface area (Å²) in [5.41, 5.74) is 2.20. The van der Waals surface area contributed by atoms with Crippen LogP contribution in [0.2, 0.25) is 0 Å². The molecule has 1 unspecified atom stereocenters. The van der Waals surface area contributed by atoms with E-state index in [9.17, 15) is 9.59 Å². The summed E-state index contributed by atoms with van der Waals surface area (Å²) < 4.78 is 5.40. The van der Waals surface area contributed by atoms with Crippen molar-refractivity contribution in [2.75, 3.05) is 0 Å². The van der Waals surface area contributed by atoms with Gasteiger partial charge in [0.25, 0.3) is 0 Å². The molecule has 3 heteroatoms. The number of ketones is 1. The molecule has 0 aromatic heterocycles. The molecule has 3 nitrogen and oxygen atoms in total. The largest absolute Gasteiger partial charge is 0.425 e. The molecule has 2 aromatic carbocycles. The van der Waals surface area contributed by atoms with E-state index in [2.05, 4.69) is 0 Å². The fourth-order valence-corrected chi connectivity index (χ4v) is 3.18.